The Bertz CT molecular complexity index is 579. The molecule has 0 atom stereocenters. The van der Waals surface area contributed by atoms with Crippen LogP contribution in [-0.2, 0) is 16.1 Å². The fraction of sp³-hybridized carbons (Fsp3) is 0.529. The van der Waals surface area contributed by atoms with E-state index in [1.54, 1.807) is 7.11 Å². The molecule has 2 fully saturated rings. The Morgan fingerprint density at radius 2 is 1.91 bits per heavy atom. The van der Waals surface area contributed by atoms with Gasteiger partial charge in [-0.05, 0) is 18.9 Å². The highest BCUT2D eigenvalue weighted by atomic mass is 16.5. The summed E-state index contributed by atoms with van der Waals surface area (Å²) in [6.07, 6.45) is 5.18. The summed E-state index contributed by atoms with van der Waals surface area (Å²) in [5.74, 6) is 0.724. The summed E-state index contributed by atoms with van der Waals surface area (Å²) in [6, 6.07) is 7.58. The summed E-state index contributed by atoms with van der Waals surface area (Å²) in [7, 11) is 1.61. The summed E-state index contributed by atoms with van der Waals surface area (Å²) in [6.45, 7) is 0.344. The second-order valence-corrected chi connectivity index (χ2v) is 6.26. The Labute approximate surface area is 130 Å². The van der Waals surface area contributed by atoms with Crippen molar-refractivity contribution in [2.75, 3.05) is 7.11 Å². The molecule has 2 amide bonds. The summed E-state index contributed by atoms with van der Waals surface area (Å²) < 4.78 is 5.34. The predicted octanol–water partition coefficient (Wildman–Crippen LogP) is 2.41. The lowest BCUT2D eigenvalue weighted by molar-refractivity contribution is -0.162. The number of methoxy groups -OCH3 is 1. The number of nitrogens with one attached hydrogen (secondary N) is 1. The number of hydrogen-bond donors (Lipinski definition) is 1. The van der Waals surface area contributed by atoms with E-state index in [1.807, 2.05) is 24.3 Å². The maximum Gasteiger partial charge on any atom is 0.248 e. The Hall–Kier alpha value is -2.04. The monoisotopic (exact) mass is 302 g/mol. The highest BCUT2D eigenvalue weighted by Gasteiger charge is 2.47. The first kappa shape index (κ1) is 14.9. The smallest absolute Gasteiger partial charge is 0.248 e. The van der Waals surface area contributed by atoms with Crippen LogP contribution in [0, 0.1) is 5.41 Å². The van der Waals surface area contributed by atoms with E-state index in [9.17, 15) is 9.59 Å². The number of nitrogens with zero attached hydrogens (tertiary/aromatic N) is 1. The molecule has 2 aliphatic rings. The number of hydrazine groups is 1. The van der Waals surface area contributed by atoms with Gasteiger partial charge in [-0.2, -0.15) is 0 Å². The normalized spacial score (nSPS) is 20.9. The molecule has 1 spiro atoms. The van der Waals surface area contributed by atoms with Gasteiger partial charge in [-0.15, -0.1) is 0 Å². The number of carbonyl (C=O) groups is 2. The van der Waals surface area contributed by atoms with Crippen LogP contribution in [-0.4, -0.2) is 23.9 Å². The zero-order chi connectivity index (χ0) is 15.6. The molecule has 1 aromatic rings. The zero-order valence-corrected chi connectivity index (χ0v) is 12.9. The molecule has 5 heteroatoms. The average Bonchev–Trinajstić information content (AvgIpc) is 2.53. The third-order valence-corrected chi connectivity index (χ3v) is 4.79. The van der Waals surface area contributed by atoms with Crippen molar-refractivity contribution in [2.24, 2.45) is 5.41 Å². The minimum Gasteiger partial charge on any atom is -0.496 e. The Morgan fingerprint density at radius 1 is 1.18 bits per heavy atom. The van der Waals surface area contributed by atoms with Gasteiger partial charge in [0.25, 0.3) is 0 Å². The molecule has 1 saturated heterocycles. The van der Waals surface area contributed by atoms with Gasteiger partial charge in [0.05, 0.1) is 19.1 Å². The molecule has 1 saturated carbocycles. The number of amides is 2. The van der Waals surface area contributed by atoms with E-state index in [1.165, 1.54) is 5.01 Å². The van der Waals surface area contributed by atoms with Crippen LogP contribution in [0.3, 0.4) is 0 Å². The van der Waals surface area contributed by atoms with Crippen molar-refractivity contribution in [2.45, 2.75) is 45.1 Å². The molecule has 1 N–H and O–H groups in total. The molecule has 3 rings (SSSR count). The van der Waals surface area contributed by atoms with Gasteiger partial charge in [-0.25, -0.2) is 5.01 Å². The van der Waals surface area contributed by atoms with E-state index in [-0.39, 0.29) is 11.8 Å². The molecule has 1 aromatic carbocycles. The number of hydrogen-bond acceptors (Lipinski definition) is 3. The molecule has 0 unspecified atom stereocenters. The van der Waals surface area contributed by atoms with E-state index in [0.717, 1.165) is 43.4 Å². The average molecular weight is 302 g/mol. The van der Waals surface area contributed by atoms with Gasteiger partial charge in [0.2, 0.25) is 11.8 Å². The highest BCUT2D eigenvalue weighted by Crippen LogP contribution is 2.42. The van der Waals surface area contributed by atoms with Gasteiger partial charge in [-0.3, -0.25) is 15.0 Å². The van der Waals surface area contributed by atoms with Crippen molar-refractivity contribution in [1.82, 2.24) is 10.4 Å². The van der Waals surface area contributed by atoms with Gasteiger partial charge in [0.15, 0.2) is 0 Å². The van der Waals surface area contributed by atoms with Gasteiger partial charge < -0.3 is 4.74 Å². The topological polar surface area (TPSA) is 58.6 Å². The van der Waals surface area contributed by atoms with E-state index in [0.29, 0.717) is 13.0 Å². The number of para-hydroxylation sites is 1. The molecule has 118 valence electrons. The molecular formula is C17H22N2O3. The number of rotatable bonds is 3. The predicted molar refractivity (Wildman–Crippen MR) is 81.8 cm³/mol. The van der Waals surface area contributed by atoms with E-state index < -0.39 is 5.41 Å². The van der Waals surface area contributed by atoms with Crippen molar-refractivity contribution in [3.8, 4) is 5.75 Å². The fourth-order valence-electron chi connectivity index (χ4n) is 3.64. The molecule has 5 nitrogen and oxygen atoms in total. The summed E-state index contributed by atoms with van der Waals surface area (Å²) in [4.78, 5) is 25.0. The SMILES string of the molecule is COc1ccccc1CN1NC(=O)CC2(CCCCC2)C1=O. The van der Waals surface area contributed by atoms with Crippen molar-refractivity contribution in [3.63, 3.8) is 0 Å². The number of ether oxygens (including phenoxy) is 1. The van der Waals surface area contributed by atoms with Crippen LogP contribution in [0.5, 0.6) is 5.75 Å². The lowest BCUT2D eigenvalue weighted by atomic mass is 9.70. The Balaban J connectivity index is 1.83. The van der Waals surface area contributed by atoms with Gasteiger partial charge in [0.1, 0.15) is 5.75 Å². The second-order valence-electron chi connectivity index (χ2n) is 6.26. The van der Waals surface area contributed by atoms with Crippen LogP contribution in [0.1, 0.15) is 44.1 Å². The van der Waals surface area contributed by atoms with Crippen LogP contribution < -0.4 is 10.2 Å². The number of carbonyl (C=O) groups excluding carboxylic acids is 2. The van der Waals surface area contributed by atoms with Gasteiger partial charge in [0, 0.05) is 12.0 Å². The van der Waals surface area contributed by atoms with E-state index >= 15 is 0 Å². The molecule has 0 bridgehead atoms. The van der Waals surface area contributed by atoms with Crippen LogP contribution in [0.25, 0.3) is 0 Å². The van der Waals surface area contributed by atoms with Crippen molar-refractivity contribution < 1.29 is 14.3 Å². The van der Waals surface area contributed by atoms with Crippen molar-refractivity contribution in [3.05, 3.63) is 29.8 Å². The van der Waals surface area contributed by atoms with Crippen LogP contribution >= 0.6 is 0 Å². The molecular weight excluding hydrogens is 280 g/mol. The second kappa shape index (κ2) is 5.99. The Morgan fingerprint density at radius 3 is 2.64 bits per heavy atom. The first-order valence-corrected chi connectivity index (χ1v) is 7.88. The van der Waals surface area contributed by atoms with Crippen molar-refractivity contribution in [1.29, 1.82) is 0 Å². The summed E-state index contributed by atoms with van der Waals surface area (Å²) in [5.41, 5.74) is 3.14. The molecule has 22 heavy (non-hydrogen) atoms. The first-order valence-electron chi connectivity index (χ1n) is 7.88. The van der Waals surface area contributed by atoms with E-state index in [2.05, 4.69) is 5.43 Å². The minimum atomic E-state index is -0.484. The van der Waals surface area contributed by atoms with Crippen LogP contribution in [0.4, 0.5) is 0 Å². The standard InChI is InChI=1S/C17H22N2O3/c1-22-14-8-4-3-7-13(14)12-19-16(21)17(11-15(20)18-19)9-5-2-6-10-17/h3-4,7-8H,2,5-6,9-12H2,1H3,(H,18,20). The minimum absolute atomic E-state index is 0.0534. The number of benzene rings is 1. The Kier molecular flexibility index (Phi) is 4.05. The molecule has 1 heterocycles. The van der Waals surface area contributed by atoms with Gasteiger partial charge in [-0.1, -0.05) is 37.5 Å². The third kappa shape index (κ3) is 2.67. The zero-order valence-electron chi connectivity index (χ0n) is 12.9. The lowest BCUT2D eigenvalue weighted by Gasteiger charge is -2.43. The highest BCUT2D eigenvalue weighted by molar-refractivity contribution is 5.94. The van der Waals surface area contributed by atoms with Crippen LogP contribution in [0.2, 0.25) is 0 Å². The van der Waals surface area contributed by atoms with Crippen molar-refractivity contribution >= 4 is 11.8 Å². The lowest BCUT2D eigenvalue weighted by Crippen LogP contribution is -2.59. The third-order valence-electron chi connectivity index (χ3n) is 4.79. The molecule has 1 aliphatic heterocycles. The molecule has 1 aliphatic carbocycles. The van der Waals surface area contributed by atoms with E-state index in [4.69, 9.17) is 4.74 Å². The largest absolute Gasteiger partial charge is 0.496 e. The molecule has 0 radical (unpaired) electrons. The summed E-state index contributed by atoms with van der Waals surface area (Å²) in [5, 5.41) is 1.48. The maximum absolute atomic E-state index is 12.9. The molecule has 0 aromatic heterocycles. The first-order chi connectivity index (χ1) is 10.6. The quantitative estimate of drug-likeness (QED) is 0.933. The van der Waals surface area contributed by atoms with Crippen LogP contribution in [0.15, 0.2) is 24.3 Å². The van der Waals surface area contributed by atoms with Gasteiger partial charge >= 0.3 is 0 Å². The fourth-order valence-corrected chi connectivity index (χ4v) is 3.64. The maximum atomic E-state index is 12.9. The summed E-state index contributed by atoms with van der Waals surface area (Å²) >= 11 is 0.